The summed E-state index contributed by atoms with van der Waals surface area (Å²) in [5, 5.41) is 10.9. The number of hydrogen-bond donors (Lipinski definition) is 1. The van der Waals surface area contributed by atoms with Gasteiger partial charge in [0.1, 0.15) is 0 Å². The van der Waals surface area contributed by atoms with E-state index in [1.807, 2.05) is 19.1 Å². The van der Waals surface area contributed by atoms with Crippen LogP contribution in [0.3, 0.4) is 0 Å². The third kappa shape index (κ3) is 4.90. The molecule has 1 rings (SSSR count). The molecular formula is C16H25BrO2. The number of aliphatic hydroxyl groups is 1. The van der Waals surface area contributed by atoms with Gasteiger partial charge in [-0.2, -0.15) is 0 Å². The first-order chi connectivity index (χ1) is 9.05. The second kappa shape index (κ2) is 8.03. The Kier molecular flexibility index (Phi) is 7.05. The topological polar surface area (TPSA) is 29.5 Å². The molecule has 0 saturated heterocycles. The Morgan fingerprint density at radius 2 is 1.95 bits per heavy atom. The SMILES string of the molecule is CCCCCC(O)(CC)c1cc(Br)cc(COC)c1. The van der Waals surface area contributed by atoms with Crippen molar-refractivity contribution in [1.82, 2.24) is 0 Å². The molecular weight excluding hydrogens is 304 g/mol. The maximum atomic E-state index is 10.9. The number of unbranched alkanes of at least 4 members (excludes halogenated alkanes) is 2. The summed E-state index contributed by atoms with van der Waals surface area (Å²) in [5.74, 6) is 0. The first kappa shape index (κ1) is 16.7. The van der Waals surface area contributed by atoms with Crippen LogP contribution in [0.4, 0.5) is 0 Å². The van der Waals surface area contributed by atoms with Gasteiger partial charge < -0.3 is 9.84 Å². The lowest BCUT2D eigenvalue weighted by Crippen LogP contribution is -2.25. The molecule has 1 unspecified atom stereocenters. The van der Waals surface area contributed by atoms with E-state index in [0.29, 0.717) is 6.61 Å². The van der Waals surface area contributed by atoms with E-state index in [1.54, 1.807) is 7.11 Å². The standard InChI is InChI=1S/C16H25BrO2/c1-4-6-7-8-16(18,5-2)14-9-13(12-19-3)10-15(17)11-14/h9-11,18H,4-8,12H2,1-3H3. The van der Waals surface area contributed by atoms with Crippen LogP contribution in [0.5, 0.6) is 0 Å². The van der Waals surface area contributed by atoms with Crippen LogP contribution in [0.25, 0.3) is 0 Å². The highest BCUT2D eigenvalue weighted by Crippen LogP contribution is 2.33. The minimum Gasteiger partial charge on any atom is -0.385 e. The third-order valence-corrected chi connectivity index (χ3v) is 4.04. The Morgan fingerprint density at radius 1 is 1.21 bits per heavy atom. The monoisotopic (exact) mass is 328 g/mol. The highest BCUT2D eigenvalue weighted by molar-refractivity contribution is 9.10. The molecule has 0 spiro atoms. The van der Waals surface area contributed by atoms with E-state index in [1.165, 1.54) is 12.8 Å². The Morgan fingerprint density at radius 3 is 2.53 bits per heavy atom. The highest BCUT2D eigenvalue weighted by atomic mass is 79.9. The Bertz CT molecular complexity index is 392. The largest absolute Gasteiger partial charge is 0.385 e. The fourth-order valence-corrected chi connectivity index (χ4v) is 2.90. The summed E-state index contributed by atoms with van der Waals surface area (Å²) in [6, 6.07) is 6.12. The van der Waals surface area contributed by atoms with E-state index in [4.69, 9.17) is 4.74 Å². The van der Waals surface area contributed by atoms with Crippen molar-refractivity contribution in [3.63, 3.8) is 0 Å². The molecule has 1 N–H and O–H groups in total. The summed E-state index contributed by atoms with van der Waals surface area (Å²) in [7, 11) is 1.69. The predicted octanol–water partition coefficient (Wildman–Crippen LogP) is 4.77. The molecule has 3 heteroatoms. The maximum Gasteiger partial charge on any atom is 0.0894 e. The minimum atomic E-state index is -0.721. The Balaban J connectivity index is 2.95. The molecule has 0 saturated carbocycles. The molecule has 0 heterocycles. The molecule has 19 heavy (non-hydrogen) atoms. The summed E-state index contributed by atoms with van der Waals surface area (Å²) >= 11 is 3.52. The molecule has 0 aliphatic carbocycles. The summed E-state index contributed by atoms with van der Waals surface area (Å²) in [5.41, 5.74) is 1.36. The third-order valence-electron chi connectivity index (χ3n) is 3.58. The van der Waals surface area contributed by atoms with Crippen molar-refractivity contribution in [3.05, 3.63) is 33.8 Å². The lowest BCUT2D eigenvalue weighted by Gasteiger charge is -2.28. The van der Waals surface area contributed by atoms with Crippen molar-refractivity contribution < 1.29 is 9.84 Å². The van der Waals surface area contributed by atoms with E-state index >= 15 is 0 Å². The van der Waals surface area contributed by atoms with Crippen LogP contribution < -0.4 is 0 Å². The van der Waals surface area contributed by atoms with Crippen molar-refractivity contribution in [2.45, 2.75) is 58.2 Å². The lowest BCUT2D eigenvalue weighted by atomic mass is 9.85. The molecule has 0 fully saturated rings. The van der Waals surface area contributed by atoms with Crippen LogP contribution in [0.2, 0.25) is 0 Å². The molecule has 1 aromatic rings. The summed E-state index contributed by atoms with van der Waals surface area (Å²) < 4.78 is 6.18. The van der Waals surface area contributed by atoms with Crippen LogP contribution in [-0.4, -0.2) is 12.2 Å². The van der Waals surface area contributed by atoms with Gasteiger partial charge in [-0.25, -0.2) is 0 Å². The second-order valence-electron chi connectivity index (χ2n) is 5.12. The molecule has 0 bridgehead atoms. The molecule has 2 nitrogen and oxygen atoms in total. The highest BCUT2D eigenvalue weighted by Gasteiger charge is 2.27. The number of benzene rings is 1. The van der Waals surface area contributed by atoms with Crippen molar-refractivity contribution >= 4 is 15.9 Å². The van der Waals surface area contributed by atoms with Crippen molar-refractivity contribution in [3.8, 4) is 0 Å². The molecule has 0 aromatic heterocycles. The number of ether oxygens (including phenoxy) is 1. The Labute approximate surface area is 125 Å². The molecule has 0 aliphatic rings. The smallest absolute Gasteiger partial charge is 0.0894 e. The van der Waals surface area contributed by atoms with Gasteiger partial charge in [0, 0.05) is 11.6 Å². The van der Waals surface area contributed by atoms with Gasteiger partial charge >= 0.3 is 0 Å². The first-order valence-electron chi connectivity index (χ1n) is 7.07. The van der Waals surface area contributed by atoms with E-state index in [-0.39, 0.29) is 0 Å². The van der Waals surface area contributed by atoms with Gasteiger partial charge in [-0.3, -0.25) is 0 Å². The van der Waals surface area contributed by atoms with Crippen LogP contribution in [0.1, 0.15) is 57.1 Å². The van der Waals surface area contributed by atoms with Gasteiger partial charge in [0.15, 0.2) is 0 Å². The molecule has 1 aromatic carbocycles. The second-order valence-corrected chi connectivity index (χ2v) is 6.04. The summed E-state index contributed by atoms with van der Waals surface area (Å²) in [6.45, 7) is 4.80. The fourth-order valence-electron chi connectivity index (χ4n) is 2.36. The van der Waals surface area contributed by atoms with Gasteiger partial charge in [-0.05, 0) is 36.1 Å². The number of rotatable bonds is 8. The van der Waals surface area contributed by atoms with E-state index in [2.05, 4.69) is 28.9 Å². The van der Waals surface area contributed by atoms with Crippen LogP contribution in [0.15, 0.2) is 22.7 Å². The zero-order valence-corrected chi connectivity index (χ0v) is 13.8. The summed E-state index contributed by atoms with van der Waals surface area (Å²) in [6.07, 6.45) is 4.96. The lowest BCUT2D eigenvalue weighted by molar-refractivity contribution is 0.0205. The molecule has 0 aliphatic heterocycles. The van der Waals surface area contributed by atoms with Gasteiger partial charge in [0.05, 0.1) is 12.2 Å². The van der Waals surface area contributed by atoms with Crippen LogP contribution >= 0.6 is 15.9 Å². The number of halogens is 1. The van der Waals surface area contributed by atoms with Gasteiger partial charge in [0.2, 0.25) is 0 Å². The van der Waals surface area contributed by atoms with Gasteiger partial charge in [-0.15, -0.1) is 0 Å². The Hall–Kier alpha value is -0.380. The normalized spacial score (nSPS) is 14.4. The van der Waals surface area contributed by atoms with Crippen LogP contribution in [0, 0.1) is 0 Å². The van der Waals surface area contributed by atoms with E-state index in [0.717, 1.165) is 34.9 Å². The van der Waals surface area contributed by atoms with Crippen molar-refractivity contribution in [1.29, 1.82) is 0 Å². The van der Waals surface area contributed by atoms with Gasteiger partial charge in [0.25, 0.3) is 0 Å². The molecule has 108 valence electrons. The van der Waals surface area contributed by atoms with Crippen LogP contribution in [-0.2, 0) is 16.9 Å². The quantitative estimate of drug-likeness (QED) is 0.696. The number of methoxy groups -OCH3 is 1. The average molecular weight is 329 g/mol. The number of hydrogen-bond acceptors (Lipinski definition) is 2. The van der Waals surface area contributed by atoms with Crippen molar-refractivity contribution in [2.75, 3.05) is 7.11 Å². The van der Waals surface area contributed by atoms with E-state index < -0.39 is 5.60 Å². The molecule has 0 radical (unpaired) electrons. The van der Waals surface area contributed by atoms with Crippen molar-refractivity contribution in [2.24, 2.45) is 0 Å². The summed E-state index contributed by atoms with van der Waals surface area (Å²) in [4.78, 5) is 0. The maximum absolute atomic E-state index is 10.9. The average Bonchev–Trinajstić information content (AvgIpc) is 2.38. The first-order valence-corrected chi connectivity index (χ1v) is 7.86. The van der Waals surface area contributed by atoms with E-state index in [9.17, 15) is 5.11 Å². The van der Waals surface area contributed by atoms with Gasteiger partial charge in [-0.1, -0.05) is 55.1 Å². The minimum absolute atomic E-state index is 0.571. The fraction of sp³-hybridized carbons (Fsp3) is 0.625. The predicted molar refractivity (Wildman–Crippen MR) is 83.2 cm³/mol. The zero-order chi connectivity index (χ0) is 14.3. The molecule has 1 atom stereocenters. The molecule has 0 amide bonds. The zero-order valence-electron chi connectivity index (χ0n) is 12.2.